The van der Waals surface area contributed by atoms with Crippen molar-refractivity contribution in [2.45, 2.75) is 97.3 Å². The Hall–Kier alpha value is -9.72. The smallest absolute Gasteiger partial charge is 0.260 e. The number of hydrogen-bond donors (Lipinski definition) is 4. The van der Waals surface area contributed by atoms with E-state index in [0.29, 0.717) is 206 Å². The van der Waals surface area contributed by atoms with Gasteiger partial charge in [0, 0.05) is 112 Å². The van der Waals surface area contributed by atoms with Crippen molar-refractivity contribution in [2.75, 3.05) is 158 Å². The number of aliphatic imine (C=N–C) groups is 2. The average Bonchev–Trinajstić information content (AvgIpc) is 1.61. The minimum atomic E-state index is -0.939. The van der Waals surface area contributed by atoms with E-state index in [-0.39, 0.29) is 87.2 Å². The number of carbonyl (C=O) groups is 6. The molecule has 2 unspecified atom stereocenters. The number of likely N-dealkylation sites (tertiary alicyclic amines) is 1. The first kappa shape index (κ1) is 82.8. The molecule has 6 aliphatic heterocycles. The van der Waals surface area contributed by atoms with E-state index in [2.05, 4.69) is 48.3 Å². The highest BCUT2D eigenvalue weighted by atomic mass is 16.7. The number of anilines is 1. The standard InChI is InChI=1S/C81H105N9O20/c1-52(2)64-44-76(92)88(56(64)7)20-17-54(5)82-19-24-100-26-28-102-30-32-104-34-36-106-38-37-105-35-33-103-31-29-101-27-25-99-23-18-75(91)87-77(53(3)4)79(94)85-55(6)78(93)86-61-14-11-57(12-15-61)59-39-62-47-83-67-45-73(70(97-8)42-65(67)80(95)89(62)49-59)107-21-10-22-108-74-46-68-66(43-71(74)98-9)81(96)90-50-60(40-63(90)48-84-68)58-13-16-69-72(41-58)110-51-109-69/h11-16,41-43,45-50,52-53,55,62-64,77,82H,5,7,10,17-40,44,51H2,1-4,6,8-9H3,(H,85,94)(H,86,93)(H,87,91)/t55-,62-,63-,64?,77?/m0/s1. The van der Waals surface area contributed by atoms with E-state index in [4.69, 9.17) is 76.3 Å². The van der Waals surface area contributed by atoms with Crippen molar-refractivity contribution in [3.8, 4) is 34.5 Å². The number of carbonyl (C=O) groups excluding carboxylic acids is 6. The number of amides is 6. The molecule has 0 saturated carbocycles. The summed E-state index contributed by atoms with van der Waals surface area (Å²) < 4.78 is 79.4. The topological polar surface area (TPSA) is 314 Å². The molecule has 0 aliphatic carbocycles. The van der Waals surface area contributed by atoms with Gasteiger partial charge in [-0.1, -0.05) is 59.1 Å². The number of benzene rings is 4. The maximum absolute atomic E-state index is 14.2. The van der Waals surface area contributed by atoms with Gasteiger partial charge < -0.3 is 102 Å². The van der Waals surface area contributed by atoms with Crippen LogP contribution in [0, 0.1) is 17.8 Å². The van der Waals surface area contributed by atoms with Crippen LogP contribution >= 0.6 is 0 Å². The lowest BCUT2D eigenvalue weighted by Crippen LogP contribution is -2.53. The van der Waals surface area contributed by atoms with Crippen LogP contribution in [-0.2, 0) is 57.1 Å². The molecule has 29 nitrogen and oxygen atoms in total. The fraction of sp³-hybridized carbons (Fsp3) is 0.506. The lowest BCUT2D eigenvalue weighted by molar-refractivity contribution is -0.132. The predicted octanol–water partition coefficient (Wildman–Crippen LogP) is 8.84. The Bertz CT molecular complexity index is 3970. The fourth-order valence-corrected chi connectivity index (χ4v) is 12.9. The summed E-state index contributed by atoms with van der Waals surface area (Å²) in [5.74, 6) is 1.62. The van der Waals surface area contributed by atoms with Crippen molar-refractivity contribution in [1.82, 2.24) is 30.7 Å². The Balaban J connectivity index is 0.530. The van der Waals surface area contributed by atoms with Gasteiger partial charge in [0.1, 0.15) is 12.1 Å². The zero-order valence-electron chi connectivity index (χ0n) is 64.1. The number of hydrogen-bond acceptors (Lipinski definition) is 23. The van der Waals surface area contributed by atoms with E-state index in [0.717, 1.165) is 33.7 Å². The van der Waals surface area contributed by atoms with E-state index in [9.17, 15) is 28.8 Å². The van der Waals surface area contributed by atoms with E-state index in [1.54, 1.807) is 84.3 Å². The first-order valence-electron chi connectivity index (χ1n) is 37.7. The summed E-state index contributed by atoms with van der Waals surface area (Å²) in [6.07, 6.45) is 9.96. The van der Waals surface area contributed by atoms with Crippen LogP contribution in [0.3, 0.4) is 0 Å². The third-order valence-electron chi connectivity index (χ3n) is 19.1. The lowest BCUT2D eigenvalue weighted by atomic mass is 9.93. The first-order valence-corrected chi connectivity index (χ1v) is 37.7. The maximum atomic E-state index is 14.2. The van der Waals surface area contributed by atoms with Crippen molar-refractivity contribution >= 4 is 76.1 Å². The van der Waals surface area contributed by atoms with Crippen molar-refractivity contribution in [1.29, 1.82) is 0 Å². The quantitative estimate of drug-likeness (QED) is 0.0300. The van der Waals surface area contributed by atoms with Gasteiger partial charge in [0.2, 0.25) is 30.4 Å². The predicted molar refractivity (Wildman–Crippen MR) is 412 cm³/mol. The van der Waals surface area contributed by atoms with Crippen molar-refractivity contribution in [2.24, 2.45) is 27.7 Å². The fourth-order valence-electron chi connectivity index (χ4n) is 12.9. The summed E-state index contributed by atoms with van der Waals surface area (Å²) in [6.45, 7) is 25.9. The molecular weight excluding hydrogens is 1420 g/mol. The molecule has 5 atom stereocenters. The molecule has 1 fully saturated rings. The van der Waals surface area contributed by atoms with Crippen molar-refractivity contribution in [3.05, 3.63) is 126 Å². The molecule has 6 heterocycles. The first-order chi connectivity index (χ1) is 53.4. The SMILES string of the molecule is C=C(CCN1C(=C)C(C(C)C)CC1=O)NCCOCCOCCOCCOCCOCCOCCOCCOCCC(=O)NC(C(=O)N[C@@H](C)C(=O)Nc1ccc(C2=CN3C(=O)c4cc(OC)c(OCCCOc5cc6c(cc5OC)C(=O)N5C=C(c7ccc8c(c7)OCO8)C[C@H]5C=N6)cc4N=C[C@@H]3C2)cc1)C(C)C. The Morgan fingerprint density at radius 1 is 0.555 bits per heavy atom. The summed E-state index contributed by atoms with van der Waals surface area (Å²) in [4.78, 5) is 94.9. The van der Waals surface area contributed by atoms with Gasteiger partial charge in [-0.05, 0) is 77.4 Å². The van der Waals surface area contributed by atoms with Gasteiger partial charge in [-0.15, -0.1) is 0 Å². The van der Waals surface area contributed by atoms with Gasteiger partial charge in [0.25, 0.3) is 11.8 Å². The van der Waals surface area contributed by atoms with Crippen LogP contribution in [0.2, 0.25) is 0 Å². The summed E-state index contributed by atoms with van der Waals surface area (Å²) >= 11 is 0. The van der Waals surface area contributed by atoms with Gasteiger partial charge in [-0.2, -0.15) is 0 Å². The van der Waals surface area contributed by atoms with Crippen LogP contribution in [-0.4, -0.2) is 240 Å². The third kappa shape index (κ3) is 23.2. The molecule has 0 bridgehead atoms. The van der Waals surface area contributed by atoms with Crippen LogP contribution < -0.4 is 49.7 Å². The molecule has 1 saturated heterocycles. The van der Waals surface area contributed by atoms with Gasteiger partial charge in [-0.25, -0.2) is 0 Å². The minimum absolute atomic E-state index is 0.0193. The van der Waals surface area contributed by atoms with Crippen molar-refractivity contribution in [3.63, 3.8) is 0 Å². The van der Waals surface area contributed by atoms with Crippen LogP contribution in [0.5, 0.6) is 34.5 Å². The van der Waals surface area contributed by atoms with Crippen LogP contribution in [0.15, 0.2) is 114 Å². The normalized spacial score (nSPS) is 17.3. The summed E-state index contributed by atoms with van der Waals surface area (Å²) in [5.41, 5.74) is 7.57. The molecule has 594 valence electrons. The molecule has 0 spiro atoms. The summed E-state index contributed by atoms with van der Waals surface area (Å²) in [6, 6.07) is 17.2. The molecule has 0 radical (unpaired) electrons. The number of allylic oxidation sites excluding steroid dienone is 1. The largest absolute Gasteiger partial charge is 0.493 e. The molecule has 0 aromatic heterocycles. The molecule has 29 heteroatoms. The lowest BCUT2D eigenvalue weighted by Gasteiger charge is -2.24. The second-order valence-corrected chi connectivity index (χ2v) is 27.6. The van der Waals surface area contributed by atoms with Crippen LogP contribution in [0.25, 0.3) is 11.1 Å². The molecule has 4 aromatic carbocycles. The van der Waals surface area contributed by atoms with E-state index in [1.807, 2.05) is 42.7 Å². The summed E-state index contributed by atoms with van der Waals surface area (Å²) in [5, 5.41) is 11.6. The Morgan fingerprint density at radius 2 is 1.05 bits per heavy atom. The molecule has 4 aromatic rings. The number of ether oxygens (including phenoxy) is 14. The molecule has 6 aliphatic rings. The molecule has 110 heavy (non-hydrogen) atoms. The highest BCUT2D eigenvalue weighted by Crippen LogP contribution is 2.44. The zero-order chi connectivity index (χ0) is 77.9. The van der Waals surface area contributed by atoms with Gasteiger partial charge in [-0.3, -0.25) is 38.8 Å². The zero-order valence-corrected chi connectivity index (χ0v) is 64.1. The second kappa shape index (κ2) is 41.9. The number of fused-ring (bicyclic) bond motifs is 5. The van der Waals surface area contributed by atoms with Crippen molar-refractivity contribution < 1.29 is 95.1 Å². The maximum Gasteiger partial charge on any atom is 0.260 e. The molecular formula is C81H105N9O20. The average molecular weight is 1520 g/mol. The van der Waals surface area contributed by atoms with Gasteiger partial charge in [0.05, 0.1) is 168 Å². The Morgan fingerprint density at radius 3 is 1.55 bits per heavy atom. The number of methoxy groups -OCH3 is 2. The Kier molecular flexibility index (Phi) is 31.5. The van der Waals surface area contributed by atoms with E-state index >= 15 is 0 Å². The second-order valence-electron chi connectivity index (χ2n) is 27.6. The highest BCUT2D eigenvalue weighted by Gasteiger charge is 2.38. The Labute approximate surface area is 642 Å². The molecule has 10 rings (SSSR count). The summed E-state index contributed by atoms with van der Waals surface area (Å²) in [7, 11) is 3.02. The highest BCUT2D eigenvalue weighted by molar-refractivity contribution is 6.07. The molecule has 6 amide bonds. The molecule has 4 N–H and O–H groups in total. The van der Waals surface area contributed by atoms with Crippen LogP contribution in [0.1, 0.15) is 105 Å². The van der Waals surface area contributed by atoms with Gasteiger partial charge in [0.15, 0.2) is 34.5 Å². The van der Waals surface area contributed by atoms with E-state index in [1.165, 1.54) is 14.2 Å². The monoisotopic (exact) mass is 1520 g/mol. The number of nitrogens with zero attached hydrogens (tertiary/aromatic N) is 5. The number of rotatable bonds is 48. The third-order valence-corrected chi connectivity index (χ3v) is 19.1. The van der Waals surface area contributed by atoms with Gasteiger partial charge >= 0.3 is 0 Å². The van der Waals surface area contributed by atoms with Crippen LogP contribution in [0.4, 0.5) is 17.1 Å². The van der Waals surface area contributed by atoms with E-state index < -0.39 is 23.9 Å². The minimum Gasteiger partial charge on any atom is -0.493 e. The number of nitrogens with one attached hydrogen (secondary N) is 4.